The Hall–Kier alpha value is -1.87. The molecule has 1 saturated heterocycles. The fourth-order valence-corrected chi connectivity index (χ4v) is 4.14. The van der Waals surface area contributed by atoms with E-state index in [1.807, 2.05) is 18.2 Å². The molecule has 2 heterocycles. The van der Waals surface area contributed by atoms with Crippen molar-refractivity contribution in [2.45, 2.75) is 11.6 Å². The van der Waals surface area contributed by atoms with Crippen molar-refractivity contribution in [2.24, 2.45) is 0 Å². The minimum absolute atomic E-state index is 0.0358. The van der Waals surface area contributed by atoms with Crippen LogP contribution in [0.25, 0.3) is 0 Å². The Morgan fingerprint density at radius 1 is 1.19 bits per heavy atom. The molecule has 2 aromatic rings. The number of furan rings is 1. The van der Waals surface area contributed by atoms with Gasteiger partial charge in [-0.2, -0.15) is 4.31 Å². The topological polar surface area (TPSA) is 80.1 Å². The summed E-state index contributed by atoms with van der Waals surface area (Å²) in [5, 5.41) is 0.316. The molecule has 3 rings (SSSR count). The van der Waals surface area contributed by atoms with Gasteiger partial charge in [-0.25, -0.2) is 8.42 Å². The third-order valence-corrected chi connectivity index (χ3v) is 6.21. The molecule has 1 aliphatic heterocycles. The van der Waals surface area contributed by atoms with Gasteiger partial charge in [0.1, 0.15) is 0 Å². The summed E-state index contributed by atoms with van der Waals surface area (Å²) in [6.07, 6.45) is 0. The average molecular weight is 399 g/mol. The van der Waals surface area contributed by atoms with E-state index in [1.54, 1.807) is 13.1 Å². The van der Waals surface area contributed by atoms with Gasteiger partial charge in [0.2, 0.25) is 5.09 Å². The first kappa shape index (κ1) is 18.9. The first-order valence-corrected chi connectivity index (χ1v) is 9.88. The smallest absolute Gasteiger partial charge is 0.289 e. The molecule has 0 spiro atoms. The number of amides is 1. The van der Waals surface area contributed by atoms with Gasteiger partial charge in [0.25, 0.3) is 15.9 Å². The monoisotopic (exact) mass is 398 g/mol. The number of sulfonamides is 1. The highest BCUT2D eigenvalue weighted by Crippen LogP contribution is 2.22. The van der Waals surface area contributed by atoms with Gasteiger partial charge in [0.05, 0.1) is 13.2 Å². The molecule has 0 unspecified atom stereocenters. The lowest BCUT2D eigenvalue weighted by Gasteiger charge is -2.24. The molecule has 1 aromatic heterocycles. The van der Waals surface area contributed by atoms with Crippen LogP contribution in [0.1, 0.15) is 16.1 Å². The minimum Gasteiger partial charge on any atom is -0.438 e. The van der Waals surface area contributed by atoms with Gasteiger partial charge in [-0.3, -0.25) is 4.79 Å². The van der Waals surface area contributed by atoms with E-state index in [9.17, 15) is 13.2 Å². The summed E-state index contributed by atoms with van der Waals surface area (Å²) in [5.41, 5.74) is 0.790. The quantitative estimate of drug-likeness (QED) is 0.771. The summed E-state index contributed by atoms with van der Waals surface area (Å²) in [5.74, 6) is -0.459. The van der Waals surface area contributed by atoms with Gasteiger partial charge < -0.3 is 14.1 Å². The average Bonchev–Trinajstić information content (AvgIpc) is 3.14. The van der Waals surface area contributed by atoms with Crippen molar-refractivity contribution in [1.29, 1.82) is 0 Å². The van der Waals surface area contributed by atoms with Crippen LogP contribution < -0.4 is 0 Å². The first-order valence-electron chi connectivity index (χ1n) is 8.06. The lowest BCUT2D eigenvalue weighted by molar-refractivity contribution is 0.0713. The van der Waals surface area contributed by atoms with E-state index < -0.39 is 15.9 Å². The SMILES string of the molecule is CN(Cc1ccccc1Cl)C(=O)c1ccc(S(=O)(=O)N2CCOCC2)o1. The number of nitrogens with zero attached hydrogens (tertiary/aromatic N) is 2. The lowest BCUT2D eigenvalue weighted by Crippen LogP contribution is -2.40. The number of halogens is 1. The van der Waals surface area contributed by atoms with Crippen molar-refractivity contribution in [3.63, 3.8) is 0 Å². The summed E-state index contributed by atoms with van der Waals surface area (Å²) < 4.78 is 36.9. The Labute approximate surface area is 157 Å². The van der Waals surface area contributed by atoms with Crippen LogP contribution in [0, 0.1) is 0 Å². The summed E-state index contributed by atoms with van der Waals surface area (Å²) in [6, 6.07) is 9.89. The first-order chi connectivity index (χ1) is 12.4. The molecule has 0 saturated carbocycles. The zero-order valence-corrected chi connectivity index (χ0v) is 15.8. The normalized spacial score (nSPS) is 15.8. The molecule has 0 bridgehead atoms. The number of carbonyl (C=O) groups excluding carboxylic acids is 1. The molecule has 1 amide bonds. The van der Waals surface area contributed by atoms with Crippen LogP contribution in [0.2, 0.25) is 5.02 Å². The second-order valence-electron chi connectivity index (χ2n) is 5.89. The van der Waals surface area contributed by atoms with E-state index in [2.05, 4.69) is 0 Å². The second-order valence-corrected chi connectivity index (χ2v) is 8.16. The predicted octanol–water partition coefficient (Wildman–Crippen LogP) is 2.23. The van der Waals surface area contributed by atoms with Crippen LogP contribution in [0.5, 0.6) is 0 Å². The Bertz CT molecular complexity index is 890. The fraction of sp³-hybridized carbons (Fsp3) is 0.353. The maximum atomic E-state index is 12.6. The van der Waals surface area contributed by atoms with E-state index in [0.717, 1.165) is 5.56 Å². The molecular weight excluding hydrogens is 380 g/mol. The van der Waals surface area contributed by atoms with E-state index >= 15 is 0 Å². The molecule has 7 nitrogen and oxygen atoms in total. The van der Waals surface area contributed by atoms with Crippen molar-refractivity contribution in [3.8, 4) is 0 Å². The van der Waals surface area contributed by atoms with Crippen molar-refractivity contribution in [1.82, 2.24) is 9.21 Å². The number of carbonyl (C=O) groups is 1. The van der Waals surface area contributed by atoms with E-state index in [0.29, 0.717) is 18.2 Å². The van der Waals surface area contributed by atoms with Gasteiger partial charge >= 0.3 is 0 Å². The van der Waals surface area contributed by atoms with Crippen molar-refractivity contribution in [2.75, 3.05) is 33.4 Å². The summed E-state index contributed by atoms with van der Waals surface area (Å²) in [4.78, 5) is 14.0. The Balaban J connectivity index is 1.74. The van der Waals surface area contributed by atoms with Gasteiger partial charge in [-0.05, 0) is 23.8 Å². The molecule has 0 N–H and O–H groups in total. The molecule has 26 heavy (non-hydrogen) atoms. The van der Waals surface area contributed by atoms with Crippen LogP contribution in [-0.4, -0.2) is 56.9 Å². The maximum Gasteiger partial charge on any atom is 0.289 e. The summed E-state index contributed by atoms with van der Waals surface area (Å²) in [7, 11) is -2.17. The molecule has 1 fully saturated rings. The second kappa shape index (κ2) is 7.79. The van der Waals surface area contributed by atoms with E-state index in [-0.39, 0.29) is 30.5 Å². The lowest BCUT2D eigenvalue weighted by atomic mass is 10.2. The van der Waals surface area contributed by atoms with Crippen LogP contribution in [-0.2, 0) is 21.3 Å². The standard InChI is InChI=1S/C17H19ClN2O5S/c1-19(12-13-4-2-3-5-14(13)18)17(21)15-6-7-16(25-15)26(22,23)20-8-10-24-11-9-20/h2-7H,8-12H2,1H3. The Morgan fingerprint density at radius 3 is 2.58 bits per heavy atom. The van der Waals surface area contributed by atoms with Gasteiger partial charge in [-0.15, -0.1) is 0 Å². The maximum absolute atomic E-state index is 12.6. The number of rotatable bonds is 5. The van der Waals surface area contributed by atoms with Crippen LogP contribution in [0.3, 0.4) is 0 Å². The van der Waals surface area contributed by atoms with Crippen LogP contribution in [0.15, 0.2) is 45.9 Å². The van der Waals surface area contributed by atoms with Crippen molar-refractivity contribution in [3.05, 3.63) is 52.7 Å². The predicted molar refractivity (Wildman–Crippen MR) is 95.5 cm³/mol. The highest BCUT2D eigenvalue weighted by Gasteiger charge is 2.30. The Kier molecular flexibility index (Phi) is 5.67. The van der Waals surface area contributed by atoms with Gasteiger partial charge in [-0.1, -0.05) is 29.8 Å². The van der Waals surface area contributed by atoms with E-state index in [4.69, 9.17) is 20.8 Å². The molecular formula is C17H19ClN2O5S. The van der Waals surface area contributed by atoms with Crippen LogP contribution >= 0.6 is 11.6 Å². The summed E-state index contributed by atoms with van der Waals surface area (Å²) in [6.45, 7) is 1.49. The molecule has 9 heteroatoms. The van der Waals surface area contributed by atoms with Gasteiger partial charge in [0.15, 0.2) is 5.76 Å². The fourth-order valence-electron chi connectivity index (χ4n) is 2.63. The van der Waals surface area contributed by atoms with E-state index in [1.165, 1.54) is 21.3 Å². The van der Waals surface area contributed by atoms with Crippen molar-refractivity contribution < 1.29 is 22.4 Å². The third-order valence-electron chi connectivity index (χ3n) is 4.07. The molecule has 0 radical (unpaired) electrons. The van der Waals surface area contributed by atoms with Crippen molar-refractivity contribution >= 4 is 27.5 Å². The highest BCUT2D eigenvalue weighted by molar-refractivity contribution is 7.89. The minimum atomic E-state index is -3.77. The number of benzene rings is 1. The molecule has 140 valence electrons. The number of hydrogen-bond donors (Lipinski definition) is 0. The number of ether oxygens (including phenoxy) is 1. The highest BCUT2D eigenvalue weighted by atomic mass is 35.5. The Morgan fingerprint density at radius 2 is 1.88 bits per heavy atom. The third kappa shape index (κ3) is 3.93. The zero-order chi connectivity index (χ0) is 18.7. The van der Waals surface area contributed by atoms with Crippen LogP contribution in [0.4, 0.5) is 0 Å². The number of morpholine rings is 1. The molecule has 1 aromatic carbocycles. The number of hydrogen-bond acceptors (Lipinski definition) is 5. The molecule has 1 aliphatic rings. The molecule has 0 aliphatic carbocycles. The summed E-state index contributed by atoms with van der Waals surface area (Å²) >= 11 is 6.11. The molecule has 0 atom stereocenters. The zero-order valence-electron chi connectivity index (χ0n) is 14.2. The van der Waals surface area contributed by atoms with Gasteiger partial charge in [0, 0.05) is 31.7 Å². The largest absolute Gasteiger partial charge is 0.438 e.